The van der Waals surface area contributed by atoms with E-state index in [9.17, 15) is 0 Å². The molecule has 0 amide bonds. The van der Waals surface area contributed by atoms with E-state index in [0.29, 0.717) is 5.92 Å². The van der Waals surface area contributed by atoms with E-state index in [0.717, 1.165) is 22.6 Å². The maximum absolute atomic E-state index is 5.74. The van der Waals surface area contributed by atoms with Gasteiger partial charge in [0.2, 0.25) is 0 Å². The molecular formula is C20H29AlNO. The number of rotatable bonds is 9. The first-order valence-electron chi connectivity index (χ1n) is 9.00. The van der Waals surface area contributed by atoms with Gasteiger partial charge in [0, 0.05) is 11.6 Å². The molecule has 0 aliphatic rings. The molecule has 2 rings (SSSR count). The summed E-state index contributed by atoms with van der Waals surface area (Å²) < 4.78 is 5.74. The van der Waals surface area contributed by atoms with E-state index in [2.05, 4.69) is 44.0 Å². The highest BCUT2D eigenvalue weighted by Crippen LogP contribution is 2.36. The Morgan fingerprint density at radius 3 is 2.65 bits per heavy atom. The zero-order valence-corrected chi connectivity index (χ0v) is 16.3. The normalized spacial score (nSPS) is 13.9. The van der Waals surface area contributed by atoms with Gasteiger partial charge in [0.1, 0.15) is 11.3 Å². The van der Waals surface area contributed by atoms with E-state index in [1.807, 2.05) is 12.3 Å². The quantitative estimate of drug-likeness (QED) is 0.565. The van der Waals surface area contributed by atoms with Gasteiger partial charge >= 0.3 is 16.6 Å². The van der Waals surface area contributed by atoms with Gasteiger partial charge in [-0.15, -0.1) is 0 Å². The average Bonchev–Trinajstić information content (AvgIpc) is 2.60. The predicted molar refractivity (Wildman–Crippen MR) is 100 cm³/mol. The Labute approximate surface area is 149 Å². The van der Waals surface area contributed by atoms with Crippen molar-refractivity contribution in [2.45, 2.75) is 65.2 Å². The Hall–Kier alpha value is -1.04. The Morgan fingerprint density at radius 2 is 1.96 bits per heavy atom. The highest BCUT2D eigenvalue weighted by atomic mass is 27.1. The van der Waals surface area contributed by atoms with Crippen molar-refractivity contribution in [1.29, 1.82) is 0 Å². The molecule has 0 aliphatic heterocycles. The molecule has 1 radical (unpaired) electrons. The first kappa shape index (κ1) is 18.3. The minimum atomic E-state index is 0.511. The maximum Gasteiger partial charge on any atom is 0.494 e. The van der Waals surface area contributed by atoms with Gasteiger partial charge in [-0.3, -0.25) is 4.98 Å². The topological polar surface area (TPSA) is 22.1 Å². The minimum Gasteiger partial charge on any atom is -0.649 e. The molecule has 0 saturated heterocycles. The smallest absolute Gasteiger partial charge is 0.494 e. The minimum absolute atomic E-state index is 0.511. The molecule has 0 bridgehead atoms. The second-order valence-electron chi connectivity index (χ2n) is 6.60. The molecule has 23 heavy (non-hydrogen) atoms. The van der Waals surface area contributed by atoms with Crippen LogP contribution in [0.2, 0.25) is 0 Å². The average molecular weight is 326 g/mol. The molecule has 123 valence electrons. The third-order valence-corrected chi connectivity index (χ3v) is 5.27. The van der Waals surface area contributed by atoms with Crippen molar-refractivity contribution in [2.24, 2.45) is 5.92 Å². The lowest BCUT2D eigenvalue weighted by molar-refractivity contribution is 0.395. The molecule has 0 saturated carbocycles. The van der Waals surface area contributed by atoms with Crippen LogP contribution in [-0.4, -0.2) is 21.6 Å². The third kappa shape index (κ3) is 4.72. The number of unbranched alkanes of at least 4 members (excludes halogenated alkanes) is 1. The molecule has 0 N–H and O–H groups in total. The Balaban J connectivity index is 2.12. The summed E-state index contributed by atoms with van der Waals surface area (Å²) in [4.78, 5) is 4.53. The number of nitrogens with zero attached hydrogens (tertiary/aromatic N) is 1. The highest BCUT2D eigenvalue weighted by molar-refractivity contribution is 6.02. The Morgan fingerprint density at radius 1 is 1.13 bits per heavy atom. The first-order valence-corrected chi connectivity index (χ1v) is 9.58. The van der Waals surface area contributed by atoms with E-state index in [1.54, 1.807) is 16.6 Å². The van der Waals surface area contributed by atoms with Crippen molar-refractivity contribution in [3.05, 3.63) is 36.0 Å². The van der Waals surface area contributed by atoms with Gasteiger partial charge in [0.25, 0.3) is 0 Å². The van der Waals surface area contributed by atoms with Crippen LogP contribution in [0, 0.1) is 5.92 Å². The zero-order chi connectivity index (χ0) is 16.7. The molecule has 0 spiro atoms. The van der Waals surface area contributed by atoms with Crippen molar-refractivity contribution < 1.29 is 3.79 Å². The molecule has 0 aliphatic carbocycles. The summed E-state index contributed by atoms with van der Waals surface area (Å²) in [6.07, 6.45) is 9.71. The summed E-state index contributed by atoms with van der Waals surface area (Å²) in [5.74, 6) is 2.34. The molecule has 2 unspecified atom stereocenters. The summed E-state index contributed by atoms with van der Waals surface area (Å²) in [5.41, 5.74) is 2.29. The van der Waals surface area contributed by atoms with Crippen molar-refractivity contribution in [1.82, 2.24) is 4.98 Å². The predicted octanol–water partition coefficient (Wildman–Crippen LogP) is 5.53. The van der Waals surface area contributed by atoms with Gasteiger partial charge in [0.15, 0.2) is 0 Å². The van der Waals surface area contributed by atoms with Gasteiger partial charge in [-0.2, -0.15) is 0 Å². The van der Waals surface area contributed by atoms with Crippen LogP contribution < -0.4 is 3.79 Å². The van der Waals surface area contributed by atoms with E-state index >= 15 is 0 Å². The van der Waals surface area contributed by atoms with E-state index < -0.39 is 0 Å². The fourth-order valence-corrected chi connectivity index (χ4v) is 3.66. The second-order valence-corrected chi connectivity index (χ2v) is 6.89. The lowest BCUT2D eigenvalue weighted by atomic mass is 9.87. The van der Waals surface area contributed by atoms with Crippen molar-refractivity contribution >= 4 is 27.5 Å². The summed E-state index contributed by atoms with van der Waals surface area (Å²) in [6, 6.07) is 8.48. The van der Waals surface area contributed by atoms with Gasteiger partial charge in [-0.25, -0.2) is 0 Å². The molecule has 1 aromatic heterocycles. The Bertz CT molecular complexity index is 614. The van der Waals surface area contributed by atoms with Gasteiger partial charge < -0.3 is 3.79 Å². The largest absolute Gasteiger partial charge is 0.649 e. The van der Waals surface area contributed by atoms with E-state index in [1.165, 1.54) is 44.1 Å². The summed E-state index contributed by atoms with van der Waals surface area (Å²) in [6.45, 7) is 6.93. The van der Waals surface area contributed by atoms with Crippen LogP contribution in [0.1, 0.15) is 70.8 Å². The lowest BCUT2D eigenvalue weighted by Gasteiger charge is -2.21. The second kappa shape index (κ2) is 9.30. The van der Waals surface area contributed by atoms with Crippen LogP contribution in [0.25, 0.3) is 10.9 Å². The van der Waals surface area contributed by atoms with Crippen LogP contribution in [0.4, 0.5) is 0 Å². The van der Waals surface area contributed by atoms with Crippen LogP contribution in [0.5, 0.6) is 5.75 Å². The molecule has 1 aromatic carbocycles. The van der Waals surface area contributed by atoms with E-state index in [4.69, 9.17) is 3.79 Å². The molecule has 2 aromatic rings. The van der Waals surface area contributed by atoms with Gasteiger partial charge in [0.05, 0.1) is 0 Å². The number of hydrogen-bond acceptors (Lipinski definition) is 2. The fraction of sp³-hybridized carbons (Fsp3) is 0.550. The molecule has 0 fully saturated rings. The molecule has 1 heterocycles. The van der Waals surface area contributed by atoms with Crippen LogP contribution in [0.3, 0.4) is 0 Å². The lowest BCUT2D eigenvalue weighted by Crippen LogP contribution is -2.04. The van der Waals surface area contributed by atoms with Gasteiger partial charge in [-0.05, 0) is 36.3 Å². The monoisotopic (exact) mass is 326 g/mol. The third-order valence-electron chi connectivity index (χ3n) is 4.99. The number of fused-ring (bicyclic) bond motifs is 1. The highest BCUT2D eigenvalue weighted by Gasteiger charge is 2.16. The van der Waals surface area contributed by atoms with Crippen molar-refractivity contribution in [3.8, 4) is 5.75 Å². The van der Waals surface area contributed by atoms with Crippen LogP contribution >= 0.6 is 0 Å². The van der Waals surface area contributed by atoms with Crippen molar-refractivity contribution in [3.63, 3.8) is 0 Å². The Kier molecular flexibility index (Phi) is 7.40. The SMILES string of the molecule is CCCCC(CC)CCC(C)c1ccc2cccnc2c1[O][AlH]. The van der Waals surface area contributed by atoms with Crippen LogP contribution in [0.15, 0.2) is 30.5 Å². The summed E-state index contributed by atoms with van der Waals surface area (Å²) >= 11 is 1.55. The number of aromatic nitrogens is 1. The summed E-state index contributed by atoms with van der Waals surface area (Å²) in [7, 11) is 0. The fourth-order valence-electron chi connectivity index (χ4n) is 3.36. The molecule has 2 atom stereocenters. The number of hydrogen-bond donors (Lipinski definition) is 0. The van der Waals surface area contributed by atoms with Crippen LogP contribution in [-0.2, 0) is 0 Å². The van der Waals surface area contributed by atoms with Crippen molar-refractivity contribution in [2.75, 3.05) is 0 Å². The van der Waals surface area contributed by atoms with Gasteiger partial charge in [-0.1, -0.05) is 64.7 Å². The standard InChI is InChI=1S/C20H29NO.Al.H/c1-4-6-8-16(5-2)11-10-15(3)18-13-12-17-9-7-14-21-19(17)20(18)22;;/h7,9,12-16,22H,4-6,8,10-11H2,1-3H3;;/q;+1;/p-1. The van der Waals surface area contributed by atoms with E-state index in [-0.39, 0.29) is 0 Å². The zero-order valence-electron chi connectivity index (χ0n) is 14.8. The maximum atomic E-state index is 5.74. The number of pyridine rings is 1. The molecule has 2 nitrogen and oxygen atoms in total. The summed E-state index contributed by atoms with van der Waals surface area (Å²) in [5, 5.41) is 1.15. The molecule has 3 heteroatoms. The first-order chi connectivity index (χ1) is 11.2. The molecular weight excluding hydrogens is 297 g/mol. The number of benzene rings is 1.